The van der Waals surface area contributed by atoms with E-state index in [2.05, 4.69) is 34.6 Å². The lowest BCUT2D eigenvalue weighted by atomic mass is 9.66. The Morgan fingerprint density at radius 2 is 0.694 bits per heavy atom. The van der Waals surface area contributed by atoms with Crippen molar-refractivity contribution < 1.29 is 9.59 Å². The van der Waals surface area contributed by atoms with Gasteiger partial charge in [-0.3, -0.25) is 9.59 Å². The van der Waals surface area contributed by atoms with Crippen LogP contribution in [0.25, 0.3) is 0 Å². The minimum absolute atomic E-state index is 0.0999. The average molecular weight is 507 g/mol. The van der Waals surface area contributed by atoms with Crippen molar-refractivity contribution in [1.29, 1.82) is 0 Å². The zero-order valence-corrected chi connectivity index (χ0v) is 25.6. The highest BCUT2D eigenvalue weighted by Crippen LogP contribution is 2.37. The summed E-state index contributed by atoms with van der Waals surface area (Å²) in [4.78, 5) is 26.6. The first-order valence-corrected chi connectivity index (χ1v) is 16.5. The van der Waals surface area contributed by atoms with Crippen molar-refractivity contribution in [1.82, 2.24) is 0 Å². The highest BCUT2D eigenvalue weighted by atomic mass is 16.2. The van der Waals surface area contributed by atoms with Gasteiger partial charge in [0, 0.05) is 12.8 Å². The van der Waals surface area contributed by atoms with Crippen LogP contribution in [0.15, 0.2) is 0 Å². The first-order valence-electron chi connectivity index (χ1n) is 16.5. The fourth-order valence-electron chi connectivity index (χ4n) is 5.95. The summed E-state index contributed by atoms with van der Waals surface area (Å²) in [5.74, 6) is 0.552. The maximum atomic E-state index is 13.3. The lowest BCUT2D eigenvalue weighted by molar-refractivity contribution is -0.144. The van der Waals surface area contributed by atoms with Gasteiger partial charge in [0.2, 0.25) is 0 Å². The molecule has 0 bridgehead atoms. The molecule has 0 saturated carbocycles. The van der Waals surface area contributed by atoms with Crippen LogP contribution < -0.4 is 0 Å². The van der Waals surface area contributed by atoms with E-state index >= 15 is 0 Å². The summed E-state index contributed by atoms with van der Waals surface area (Å²) in [7, 11) is 0. The van der Waals surface area contributed by atoms with Gasteiger partial charge in [0.15, 0.2) is 0 Å². The van der Waals surface area contributed by atoms with Gasteiger partial charge in [-0.1, -0.05) is 163 Å². The van der Waals surface area contributed by atoms with E-state index in [9.17, 15) is 9.59 Å². The minimum atomic E-state index is -0.739. The van der Waals surface area contributed by atoms with Crippen LogP contribution in [0.1, 0.15) is 195 Å². The first-order chi connectivity index (χ1) is 17.5. The van der Waals surface area contributed by atoms with Crippen molar-refractivity contribution in [3.05, 3.63) is 0 Å². The maximum absolute atomic E-state index is 13.3. The van der Waals surface area contributed by atoms with Crippen molar-refractivity contribution >= 4 is 11.6 Å². The molecule has 0 aliphatic rings. The van der Waals surface area contributed by atoms with Crippen molar-refractivity contribution in [2.45, 2.75) is 195 Å². The van der Waals surface area contributed by atoms with Crippen molar-refractivity contribution in [2.24, 2.45) is 11.3 Å². The quantitative estimate of drug-likeness (QED) is 0.0780. The summed E-state index contributed by atoms with van der Waals surface area (Å²) in [6.45, 7) is 10.8. The van der Waals surface area contributed by atoms with Crippen LogP contribution in [0, 0.1) is 11.3 Å². The van der Waals surface area contributed by atoms with Crippen LogP contribution in [0.3, 0.4) is 0 Å². The third-order valence-corrected chi connectivity index (χ3v) is 8.55. The lowest BCUT2D eigenvalue weighted by Gasteiger charge is -2.34. The van der Waals surface area contributed by atoms with E-state index in [0.717, 1.165) is 25.7 Å². The summed E-state index contributed by atoms with van der Waals surface area (Å²) in [5.41, 5.74) is -0.739. The summed E-state index contributed by atoms with van der Waals surface area (Å²) in [6.07, 6.45) is 30.2. The van der Waals surface area contributed by atoms with Crippen LogP contribution in [-0.2, 0) is 9.59 Å². The SMILES string of the molecule is CCCCCCCCCCCCCC(=O)C(CC)(C(=O)CCCCCCCCCCCCC)C(C)C. The van der Waals surface area contributed by atoms with E-state index in [1.54, 1.807) is 0 Å². The molecule has 0 unspecified atom stereocenters. The van der Waals surface area contributed by atoms with Gasteiger partial charge < -0.3 is 0 Å². The molecule has 2 nitrogen and oxygen atoms in total. The van der Waals surface area contributed by atoms with Gasteiger partial charge in [-0.05, 0) is 25.2 Å². The van der Waals surface area contributed by atoms with Gasteiger partial charge in [-0.15, -0.1) is 0 Å². The number of hydrogen-bond donors (Lipinski definition) is 0. The minimum Gasteiger partial charge on any atom is -0.299 e. The largest absolute Gasteiger partial charge is 0.299 e. The summed E-state index contributed by atoms with van der Waals surface area (Å²) >= 11 is 0. The third-order valence-electron chi connectivity index (χ3n) is 8.55. The Balaban J connectivity index is 4.12. The molecule has 0 aromatic carbocycles. The number of Topliss-reactive ketones (excluding diaryl/α,β-unsaturated/α-hetero) is 2. The average Bonchev–Trinajstić information content (AvgIpc) is 2.86. The second-order valence-electron chi connectivity index (χ2n) is 11.9. The van der Waals surface area contributed by atoms with Crippen LogP contribution in [-0.4, -0.2) is 11.6 Å². The molecule has 0 heterocycles. The molecule has 0 aromatic rings. The van der Waals surface area contributed by atoms with Gasteiger partial charge in [0.05, 0.1) is 5.41 Å². The molecule has 2 heteroatoms. The number of carbonyl (C=O) groups is 2. The normalized spacial score (nSPS) is 11.9. The van der Waals surface area contributed by atoms with Crippen LogP contribution in [0.2, 0.25) is 0 Å². The molecule has 0 amide bonds. The Kier molecular flexibility index (Phi) is 24.2. The molecule has 0 spiro atoms. The molecule has 0 aromatic heterocycles. The highest BCUT2D eigenvalue weighted by Gasteiger charge is 2.44. The van der Waals surface area contributed by atoms with E-state index in [1.165, 1.54) is 116 Å². The van der Waals surface area contributed by atoms with E-state index in [-0.39, 0.29) is 17.5 Å². The Labute approximate surface area is 227 Å². The number of ketones is 2. The molecule has 0 radical (unpaired) electrons. The maximum Gasteiger partial charge on any atom is 0.146 e. The molecular formula is C34H66O2. The van der Waals surface area contributed by atoms with Crippen LogP contribution in [0.4, 0.5) is 0 Å². The highest BCUT2D eigenvalue weighted by molar-refractivity contribution is 6.07. The summed E-state index contributed by atoms with van der Waals surface area (Å²) in [6, 6.07) is 0. The van der Waals surface area contributed by atoms with E-state index in [1.807, 2.05) is 0 Å². The van der Waals surface area contributed by atoms with Crippen LogP contribution >= 0.6 is 0 Å². The summed E-state index contributed by atoms with van der Waals surface area (Å²) < 4.78 is 0. The Hall–Kier alpha value is -0.660. The van der Waals surface area contributed by atoms with Crippen molar-refractivity contribution in [3.8, 4) is 0 Å². The second kappa shape index (κ2) is 24.7. The number of unbranched alkanes of at least 4 members (excludes halogenated alkanes) is 20. The van der Waals surface area contributed by atoms with Gasteiger partial charge in [0.1, 0.15) is 11.6 Å². The van der Waals surface area contributed by atoms with Crippen molar-refractivity contribution in [3.63, 3.8) is 0 Å². The molecule has 0 N–H and O–H groups in total. The Morgan fingerprint density at radius 1 is 0.444 bits per heavy atom. The Morgan fingerprint density at radius 3 is 0.917 bits per heavy atom. The molecule has 0 saturated heterocycles. The molecule has 0 aliphatic heterocycles. The number of carbonyl (C=O) groups excluding carboxylic acids is 2. The second-order valence-corrected chi connectivity index (χ2v) is 11.9. The number of hydrogen-bond acceptors (Lipinski definition) is 2. The molecule has 214 valence electrons. The molecule has 0 atom stereocenters. The molecular weight excluding hydrogens is 440 g/mol. The van der Waals surface area contributed by atoms with Crippen molar-refractivity contribution in [2.75, 3.05) is 0 Å². The zero-order valence-electron chi connectivity index (χ0n) is 25.6. The standard InChI is InChI=1S/C34H66O2/c1-6-9-11-13-15-17-19-21-23-25-27-29-32(35)34(8-3,31(4)5)33(36)30-28-26-24-22-20-18-16-14-12-10-7-2/h31H,6-30H2,1-5H3. The predicted molar refractivity (Wildman–Crippen MR) is 160 cm³/mol. The summed E-state index contributed by atoms with van der Waals surface area (Å²) in [5, 5.41) is 0. The van der Waals surface area contributed by atoms with E-state index in [4.69, 9.17) is 0 Å². The smallest absolute Gasteiger partial charge is 0.146 e. The van der Waals surface area contributed by atoms with E-state index in [0.29, 0.717) is 19.3 Å². The van der Waals surface area contributed by atoms with Gasteiger partial charge >= 0.3 is 0 Å². The first kappa shape index (κ1) is 35.3. The predicted octanol–water partition coefficient (Wildman–Crippen LogP) is 11.6. The third kappa shape index (κ3) is 16.2. The number of rotatable bonds is 28. The topological polar surface area (TPSA) is 34.1 Å². The van der Waals surface area contributed by atoms with E-state index < -0.39 is 5.41 Å². The zero-order chi connectivity index (χ0) is 26.9. The molecule has 0 fully saturated rings. The fraction of sp³-hybridized carbons (Fsp3) is 0.941. The van der Waals surface area contributed by atoms with Gasteiger partial charge in [0.25, 0.3) is 0 Å². The lowest BCUT2D eigenvalue weighted by Crippen LogP contribution is -2.43. The molecule has 36 heavy (non-hydrogen) atoms. The van der Waals surface area contributed by atoms with Gasteiger partial charge in [-0.25, -0.2) is 0 Å². The van der Waals surface area contributed by atoms with Crippen LogP contribution in [0.5, 0.6) is 0 Å². The Bertz CT molecular complexity index is 469. The monoisotopic (exact) mass is 507 g/mol. The molecule has 0 aliphatic carbocycles. The molecule has 0 rings (SSSR count). The van der Waals surface area contributed by atoms with Gasteiger partial charge in [-0.2, -0.15) is 0 Å². The fourth-order valence-corrected chi connectivity index (χ4v) is 5.95.